The Labute approximate surface area is 131 Å². The molecule has 22 heavy (non-hydrogen) atoms. The predicted molar refractivity (Wildman–Crippen MR) is 82.6 cm³/mol. The number of aliphatic carboxylic acids is 1. The van der Waals surface area contributed by atoms with E-state index in [1.807, 2.05) is 27.8 Å². The molecule has 1 amide bonds. The summed E-state index contributed by atoms with van der Waals surface area (Å²) in [7, 11) is 1.87. The van der Waals surface area contributed by atoms with E-state index >= 15 is 0 Å². The van der Waals surface area contributed by atoms with Crippen LogP contribution in [0.4, 0.5) is 0 Å². The lowest BCUT2D eigenvalue weighted by atomic mass is 9.97. The second-order valence-corrected chi connectivity index (χ2v) is 6.39. The monoisotopic (exact) mass is 307 g/mol. The topological polar surface area (TPSA) is 75.4 Å². The van der Waals surface area contributed by atoms with Crippen LogP contribution in [0.2, 0.25) is 0 Å². The number of nitrogens with zero attached hydrogens (tertiary/aromatic N) is 3. The molecule has 1 aliphatic rings. The minimum absolute atomic E-state index is 0.00907. The molecule has 0 unspecified atom stereocenters. The van der Waals surface area contributed by atoms with Crippen molar-refractivity contribution in [3.05, 3.63) is 17.0 Å². The third-order valence-electron chi connectivity index (χ3n) is 4.53. The molecule has 1 aromatic rings. The number of hydrogen-bond donors (Lipinski definition) is 1. The van der Waals surface area contributed by atoms with Crippen LogP contribution < -0.4 is 0 Å². The van der Waals surface area contributed by atoms with E-state index in [1.165, 1.54) is 0 Å². The van der Waals surface area contributed by atoms with E-state index in [4.69, 9.17) is 5.11 Å². The summed E-state index contributed by atoms with van der Waals surface area (Å²) in [6, 6.07) is 0.203. The fourth-order valence-electron chi connectivity index (χ4n) is 2.97. The van der Waals surface area contributed by atoms with Crippen molar-refractivity contribution >= 4 is 11.9 Å². The number of aryl methyl sites for hydroxylation is 2. The van der Waals surface area contributed by atoms with Gasteiger partial charge in [-0.05, 0) is 33.6 Å². The van der Waals surface area contributed by atoms with Crippen molar-refractivity contribution in [1.82, 2.24) is 14.7 Å². The Morgan fingerprint density at radius 2 is 1.95 bits per heavy atom. The Balaban J connectivity index is 2.21. The van der Waals surface area contributed by atoms with Crippen molar-refractivity contribution in [2.24, 2.45) is 13.0 Å². The number of rotatable bonds is 6. The second-order valence-electron chi connectivity index (χ2n) is 6.39. The van der Waals surface area contributed by atoms with Gasteiger partial charge < -0.3 is 10.0 Å². The Morgan fingerprint density at radius 3 is 2.36 bits per heavy atom. The van der Waals surface area contributed by atoms with Gasteiger partial charge in [0.1, 0.15) is 0 Å². The van der Waals surface area contributed by atoms with Crippen LogP contribution in [-0.4, -0.2) is 44.3 Å². The quantitative estimate of drug-likeness (QED) is 0.870. The van der Waals surface area contributed by atoms with Crippen LogP contribution in [0.25, 0.3) is 0 Å². The summed E-state index contributed by atoms with van der Waals surface area (Å²) in [5, 5.41) is 13.5. The first-order chi connectivity index (χ1) is 10.2. The first-order valence-electron chi connectivity index (χ1n) is 7.77. The van der Waals surface area contributed by atoms with Gasteiger partial charge in [0.15, 0.2) is 0 Å². The lowest BCUT2D eigenvalue weighted by molar-refractivity contribution is -0.143. The van der Waals surface area contributed by atoms with Crippen LogP contribution >= 0.6 is 0 Å². The van der Waals surface area contributed by atoms with Crippen molar-refractivity contribution in [2.45, 2.75) is 52.5 Å². The van der Waals surface area contributed by atoms with Crippen LogP contribution in [0.15, 0.2) is 0 Å². The largest absolute Gasteiger partial charge is 0.481 e. The van der Waals surface area contributed by atoms with Gasteiger partial charge in [0.25, 0.3) is 0 Å². The lowest BCUT2D eigenvalue weighted by Crippen LogP contribution is -2.40. The number of carbonyl (C=O) groups is 2. The molecule has 0 radical (unpaired) electrons. The maximum Gasteiger partial charge on any atom is 0.308 e. The summed E-state index contributed by atoms with van der Waals surface area (Å²) in [5.74, 6) is -1.70. The predicted octanol–water partition coefficient (Wildman–Crippen LogP) is 1.85. The molecule has 0 aromatic carbocycles. The zero-order valence-electron chi connectivity index (χ0n) is 14.0. The molecule has 1 aliphatic carbocycles. The average Bonchev–Trinajstić information content (AvgIpc) is 3.23. The molecule has 1 aromatic heterocycles. The fourth-order valence-corrected chi connectivity index (χ4v) is 2.97. The minimum Gasteiger partial charge on any atom is -0.481 e. The van der Waals surface area contributed by atoms with Crippen LogP contribution in [-0.2, 0) is 16.6 Å². The highest BCUT2D eigenvalue weighted by Crippen LogP contribution is 2.32. The molecule has 2 atom stereocenters. The van der Waals surface area contributed by atoms with E-state index in [9.17, 15) is 9.59 Å². The molecule has 6 heteroatoms. The minimum atomic E-state index is -0.861. The Kier molecular flexibility index (Phi) is 4.58. The van der Waals surface area contributed by atoms with Crippen molar-refractivity contribution in [3.63, 3.8) is 0 Å². The summed E-state index contributed by atoms with van der Waals surface area (Å²) in [6.07, 6.45) is 1.94. The summed E-state index contributed by atoms with van der Waals surface area (Å²) < 4.78 is 1.79. The van der Waals surface area contributed by atoms with E-state index in [0.717, 1.165) is 29.8 Å². The number of aromatic nitrogens is 2. The SMILES string of the molecule is Cc1nn(C)c(C)c1[C@H](C)C(=O)N(C[C@@H](C)C(=O)O)C1CC1. The van der Waals surface area contributed by atoms with E-state index in [0.29, 0.717) is 0 Å². The Bertz CT molecular complexity index is 590. The zero-order chi connectivity index (χ0) is 16.6. The maximum absolute atomic E-state index is 12.9. The first-order valence-corrected chi connectivity index (χ1v) is 7.77. The summed E-state index contributed by atoms with van der Waals surface area (Å²) in [6.45, 7) is 7.69. The van der Waals surface area contributed by atoms with Crippen LogP contribution in [0, 0.1) is 19.8 Å². The Hall–Kier alpha value is -1.85. The molecule has 0 saturated heterocycles. The van der Waals surface area contributed by atoms with Gasteiger partial charge >= 0.3 is 5.97 Å². The smallest absolute Gasteiger partial charge is 0.308 e. The van der Waals surface area contributed by atoms with Crippen LogP contribution in [0.1, 0.15) is 49.6 Å². The maximum atomic E-state index is 12.9. The van der Waals surface area contributed by atoms with Gasteiger partial charge in [0.2, 0.25) is 5.91 Å². The molecule has 0 bridgehead atoms. The molecule has 0 aliphatic heterocycles. The first kappa shape index (κ1) is 16.5. The summed E-state index contributed by atoms with van der Waals surface area (Å²) in [4.78, 5) is 25.8. The zero-order valence-corrected chi connectivity index (χ0v) is 14.0. The van der Waals surface area contributed by atoms with E-state index < -0.39 is 11.9 Å². The average molecular weight is 307 g/mol. The molecule has 1 saturated carbocycles. The highest BCUT2D eigenvalue weighted by atomic mass is 16.4. The highest BCUT2D eigenvalue weighted by Gasteiger charge is 2.37. The van der Waals surface area contributed by atoms with Crippen LogP contribution in [0.3, 0.4) is 0 Å². The summed E-state index contributed by atoms with van der Waals surface area (Å²) >= 11 is 0. The van der Waals surface area contributed by atoms with E-state index in [1.54, 1.807) is 16.5 Å². The highest BCUT2D eigenvalue weighted by molar-refractivity contribution is 5.85. The standard InChI is InChI=1S/C16H25N3O3/c1-9(16(21)22)8-19(13-6-7-13)15(20)10(2)14-11(3)17-18(5)12(14)4/h9-10,13H,6-8H2,1-5H3,(H,21,22)/t9-,10+/m1/s1. The van der Waals surface area contributed by atoms with Gasteiger partial charge in [0, 0.05) is 30.9 Å². The Morgan fingerprint density at radius 1 is 1.36 bits per heavy atom. The number of carbonyl (C=O) groups excluding carboxylic acids is 1. The third kappa shape index (κ3) is 3.15. The summed E-state index contributed by atoms with van der Waals surface area (Å²) in [5.41, 5.74) is 2.81. The van der Waals surface area contributed by atoms with Crippen molar-refractivity contribution < 1.29 is 14.7 Å². The van der Waals surface area contributed by atoms with Crippen molar-refractivity contribution in [3.8, 4) is 0 Å². The van der Waals surface area contributed by atoms with Gasteiger partial charge in [-0.2, -0.15) is 5.10 Å². The number of hydrogen-bond acceptors (Lipinski definition) is 3. The normalized spacial score (nSPS) is 17.1. The molecular formula is C16H25N3O3. The lowest BCUT2D eigenvalue weighted by Gasteiger charge is -2.27. The third-order valence-corrected chi connectivity index (χ3v) is 4.53. The number of carboxylic acid groups (broad SMARTS) is 1. The molecule has 1 N–H and O–H groups in total. The molecule has 0 spiro atoms. The second kappa shape index (κ2) is 6.10. The van der Waals surface area contributed by atoms with Gasteiger partial charge in [-0.15, -0.1) is 0 Å². The molecule has 1 heterocycles. The van der Waals surface area contributed by atoms with Gasteiger partial charge in [-0.25, -0.2) is 0 Å². The van der Waals surface area contributed by atoms with E-state index in [-0.39, 0.29) is 24.4 Å². The van der Waals surface area contributed by atoms with E-state index in [2.05, 4.69) is 5.10 Å². The molecular weight excluding hydrogens is 282 g/mol. The molecule has 2 rings (SSSR count). The van der Waals surface area contributed by atoms with Crippen molar-refractivity contribution in [2.75, 3.05) is 6.54 Å². The molecule has 122 valence electrons. The number of amides is 1. The van der Waals surface area contributed by atoms with Crippen molar-refractivity contribution in [1.29, 1.82) is 0 Å². The number of carboxylic acids is 1. The van der Waals surface area contributed by atoms with Gasteiger partial charge in [0.05, 0.1) is 17.5 Å². The molecule has 1 fully saturated rings. The fraction of sp³-hybridized carbons (Fsp3) is 0.688. The van der Waals surface area contributed by atoms with Crippen LogP contribution in [0.5, 0.6) is 0 Å². The van der Waals surface area contributed by atoms with Gasteiger partial charge in [-0.1, -0.05) is 6.92 Å². The molecule has 6 nitrogen and oxygen atoms in total. The van der Waals surface area contributed by atoms with Gasteiger partial charge in [-0.3, -0.25) is 14.3 Å².